The topological polar surface area (TPSA) is 66.6 Å². The molecule has 1 fully saturated rings. The van der Waals surface area contributed by atoms with Gasteiger partial charge in [0.1, 0.15) is 0 Å². The summed E-state index contributed by atoms with van der Waals surface area (Å²) in [5.74, 6) is 0. The van der Waals surface area contributed by atoms with Crippen molar-refractivity contribution in [3.63, 3.8) is 0 Å². The number of hydrogen-bond donors (Lipinski definition) is 1. The lowest BCUT2D eigenvalue weighted by Gasteiger charge is -2.27. The molecule has 1 aliphatic heterocycles. The zero-order valence-corrected chi connectivity index (χ0v) is 13.9. The molecule has 0 aromatic heterocycles. The molecule has 0 amide bonds. The largest absolute Gasteiger partial charge is 0.399 e. The van der Waals surface area contributed by atoms with Crippen LogP contribution < -0.4 is 5.73 Å². The van der Waals surface area contributed by atoms with Crippen molar-refractivity contribution in [2.24, 2.45) is 0 Å². The molecule has 1 atom stereocenters. The minimum Gasteiger partial charge on any atom is -0.399 e. The number of anilines is 1. The number of hydrogen-bond acceptors (Lipinski definition) is 4. The molecule has 1 aromatic carbocycles. The Balaban J connectivity index is 2.18. The summed E-state index contributed by atoms with van der Waals surface area (Å²) in [6, 6.07) is 5.27. The van der Waals surface area contributed by atoms with Gasteiger partial charge in [0.05, 0.1) is 4.90 Å². The fourth-order valence-corrected chi connectivity index (χ4v) is 4.45. The molecule has 0 bridgehead atoms. The molecule has 1 saturated heterocycles. The van der Waals surface area contributed by atoms with Gasteiger partial charge in [0.15, 0.2) is 0 Å². The summed E-state index contributed by atoms with van der Waals surface area (Å²) < 4.78 is 26.9. The molecule has 6 heteroatoms. The number of sulfonamides is 1. The first-order chi connectivity index (χ1) is 9.86. The summed E-state index contributed by atoms with van der Waals surface area (Å²) in [6.07, 6.45) is 2.21. The fraction of sp³-hybridized carbons (Fsp3) is 0.600. The molecular weight excluding hydrogens is 286 g/mol. The minimum absolute atomic E-state index is 0.323. The van der Waals surface area contributed by atoms with Crippen molar-refractivity contribution in [2.75, 3.05) is 32.4 Å². The zero-order chi connectivity index (χ0) is 15.6. The lowest BCUT2D eigenvalue weighted by Crippen LogP contribution is -2.41. The van der Waals surface area contributed by atoms with Crippen molar-refractivity contribution < 1.29 is 8.42 Å². The van der Waals surface area contributed by atoms with Crippen LogP contribution >= 0.6 is 0 Å². The van der Waals surface area contributed by atoms with E-state index in [1.165, 1.54) is 4.31 Å². The van der Waals surface area contributed by atoms with E-state index in [9.17, 15) is 8.42 Å². The van der Waals surface area contributed by atoms with E-state index < -0.39 is 10.0 Å². The third kappa shape index (κ3) is 3.39. The normalized spacial score (nSPS) is 20.3. The first kappa shape index (κ1) is 16.3. The number of nitrogen functional groups attached to an aromatic ring is 1. The van der Waals surface area contributed by atoms with Gasteiger partial charge in [-0.3, -0.25) is 4.90 Å². The molecule has 5 nitrogen and oxygen atoms in total. The monoisotopic (exact) mass is 311 g/mol. The summed E-state index contributed by atoms with van der Waals surface area (Å²) in [5, 5.41) is 0. The quantitative estimate of drug-likeness (QED) is 0.840. The van der Waals surface area contributed by atoms with Gasteiger partial charge in [-0.2, -0.15) is 4.31 Å². The van der Waals surface area contributed by atoms with Crippen molar-refractivity contribution in [3.8, 4) is 0 Å². The molecule has 1 unspecified atom stereocenters. The van der Waals surface area contributed by atoms with Crippen LogP contribution in [0.2, 0.25) is 0 Å². The Kier molecular flexibility index (Phi) is 4.91. The predicted octanol–water partition coefficient (Wildman–Crippen LogP) is 1.68. The van der Waals surface area contributed by atoms with Crippen molar-refractivity contribution in [1.29, 1.82) is 0 Å². The number of rotatable bonds is 5. The van der Waals surface area contributed by atoms with Gasteiger partial charge in [0.25, 0.3) is 0 Å². The standard InChI is InChI=1S/C15H25N3O2S/c1-4-18-9-5-6-14(18)11-17(3)21(19,20)15-8-7-13(16)10-12(15)2/h7-8,10,14H,4-6,9,11,16H2,1-3H3. The second-order valence-electron chi connectivity index (χ2n) is 5.74. The molecule has 118 valence electrons. The van der Waals surface area contributed by atoms with Crippen LogP contribution in [0.3, 0.4) is 0 Å². The number of likely N-dealkylation sites (N-methyl/N-ethyl adjacent to an activating group) is 2. The Morgan fingerprint density at radius 1 is 1.43 bits per heavy atom. The number of aryl methyl sites for hydroxylation is 1. The third-order valence-electron chi connectivity index (χ3n) is 4.26. The lowest BCUT2D eigenvalue weighted by molar-refractivity contribution is 0.237. The molecule has 1 aliphatic rings. The molecule has 21 heavy (non-hydrogen) atoms. The molecule has 1 heterocycles. The molecule has 1 aromatic rings. The van der Waals surface area contributed by atoms with Gasteiger partial charge in [0.2, 0.25) is 10.0 Å². The molecular formula is C15H25N3O2S. The first-order valence-electron chi connectivity index (χ1n) is 7.42. The van der Waals surface area contributed by atoms with Crippen LogP contribution in [0, 0.1) is 6.92 Å². The van der Waals surface area contributed by atoms with Crippen LogP contribution in [0.25, 0.3) is 0 Å². The maximum atomic E-state index is 12.7. The Morgan fingerprint density at radius 2 is 2.14 bits per heavy atom. The number of nitrogens with two attached hydrogens (primary N) is 1. The lowest BCUT2D eigenvalue weighted by atomic mass is 10.2. The number of nitrogens with zero attached hydrogens (tertiary/aromatic N) is 2. The first-order valence-corrected chi connectivity index (χ1v) is 8.86. The number of likely N-dealkylation sites (tertiary alicyclic amines) is 1. The van der Waals surface area contributed by atoms with Crippen molar-refractivity contribution in [3.05, 3.63) is 23.8 Å². The average Bonchev–Trinajstić information content (AvgIpc) is 2.85. The average molecular weight is 311 g/mol. The zero-order valence-electron chi connectivity index (χ0n) is 13.0. The Bertz CT molecular complexity index is 601. The molecule has 2 N–H and O–H groups in total. The van der Waals surface area contributed by atoms with E-state index in [-0.39, 0.29) is 0 Å². The molecule has 0 radical (unpaired) electrons. The van der Waals surface area contributed by atoms with Gasteiger partial charge in [-0.25, -0.2) is 8.42 Å². The minimum atomic E-state index is -3.45. The Labute approximate surface area is 127 Å². The summed E-state index contributed by atoms with van der Waals surface area (Å²) >= 11 is 0. The van der Waals surface area contributed by atoms with E-state index in [0.29, 0.717) is 28.7 Å². The summed E-state index contributed by atoms with van der Waals surface area (Å²) in [6.45, 7) is 6.48. The number of benzene rings is 1. The predicted molar refractivity (Wildman–Crippen MR) is 85.7 cm³/mol. The summed E-state index contributed by atoms with van der Waals surface area (Å²) in [7, 11) is -1.79. The van der Waals surface area contributed by atoms with Gasteiger partial charge in [-0.15, -0.1) is 0 Å². The fourth-order valence-electron chi connectivity index (χ4n) is 3.04. The van der Waals surface area contributed by atoms with Crippen LogP contribution in [0.5, 0.6) is 0 Å². The van der Waals surface area contributed by atoms with E-state index in [1.807, 2.05) is 0 Å². The van der Waals surface area contributed by atoms with Gasteiger partial charge in [-0.05, 0) is 56.6 Å². The molecule has 0 saturated carbocycles. The maximum absolute atomic E-state index is 12.7. The van der Waals surface area contributed by atoms with Gasteiger partial charge < -0.3 is 5.73 Å². The molecule has 0 spiro atoms. The van der Waals surface area contributed by atoms with Gasteiger partial charge in [-0.1, -0.05) is 6.92 Å². The van der Waals surface area contributed by atoms with Crippen molar-refractivity contribution in [1.82, 2.24) is 9.21 Å². The van der Waals surface area contributed by atoms with Crippen LogP contribution in [-0.2, 0) is 10.0 Å². The summed E-state index contributed by atoms with van der Waals surface area (Å²) in [4.78, 5) is 2.70. The maximum Gasteiger partial charge on any atom is 0.243 e. The Morgan fingerprint density at radius 3 is 2.76 bits per heavy atom. The van der Waals surface area contributed by atoms with Crippen LogP contribution in [0.1, 0.15) is 25.3 Å². The van der Waals surface area contributed by atoms with E-state index in [2.05, 4.69) is 11.8 Å². The summed E-state index contributed by atoms with van der Waals surface area (Å²) in [5.41, 5.74) is 6.98. The van der Waals surface area contributed by atoms with Crippen LogP contribution in [-0.4, -0.2) is 50.3 Å². The van der Waals surface area contributed by atoms with E-state index in [1.54, 1.807) is 32.2 Å². The van der Waals surface area contributed by atoms with Gasteiger partial charge >= 0.3 is 0 Å². The molecule has 2 rings (SSSR count). The highest BCUT2D eigenvalue weighted by Crippen LogP contribution is 2.24. The smallest absolute Gasteiger partial charge is 0.243 e. The van der Waals surface area contributed by atoms with Crippen molar-refractivity contribution >= 4 is 15.7 Å². The van der Waals surface area contributed by atoms with E-state index in [0.717, 1.165) is 25.9 Å². The highest BCUT2D eigenvalue weighted by atomic mass is 32.2. The second kappa shape index (κ2) is 6.34. The van der Waals surface area contributed by atoms with Gasteiger partial charge in [0, 0.05) is 25.3 Å². The highest BCUT2D eigenvalue weighted by Gasteiger charge is 2.29. The SMILES string of the molecule is CCN1CCCC1CN(C)S(=O)(=O)c1ccc(N)cc1C. The molecule has 0 aliphatic carbocycles. The van der Waals surface area contributed by atoms with E-state index in [4.69, 9.17) is 5.73 Å². The third-order valence-corrected chi connectivity index (χ3v) is 6.24. The highest BCUT2D eigenvalue weighted by molar-refractivity contribution is 7.89. The van der Waals surface area contributed by atoms with Crippen LogP contribution in [0.4, 0.5) is 5.69 Å². The van der Waals surface area contributed by atoms with Crippen molar-refractivity contribution in [2.45, 2.75) is 37.6 Å². The van der Waals surface area contributed by atoms with Crippen LogP contribution in [0.15, 0.2) is 23.1 Å². The second-order valence-corrected chi connectivity index (χ2v) is 7.75. The van der Waals surface area contributed by atoms with E-state index >= 15 is 0 Å². The Hall–Kier alpha value is -1.11.